The van der Waals surface area contributed by atoms with Crippen molar-refractivity contribution in [1.29, 1.82) is 0 Å². The molecule has 0 unspecified atom stereocenters. The van der Waals surface area contributed by atoms with E-state index in [0.717, 1.165) is 21.6 Å². The summed E-state index contributed by atoms with van der Waals surface area (Å²) in [5, 5.41) is 11.6. The molecular weight excluding hydrogens is 326 g/mol. The van der Waals surface area contributed by atoms with Gasteiger partial charge in [0.2, 0.25) is 10.0 Å². The van der Waals surface area contributed by atoms with E-state index in [4.69, 9.17) is 0 Å². The van der Waals surface area contributed by atoms with E-state index in [9.17, 15) is 18.5 Å². The molecule has 0 radical (unpaired) electrons. The summed E-state index contributed by atoms with van der Waals surface area (Å²) >= 11 is 1.53. The first-order valence-corrected chi connectivity index (χ1v) is 8.76. The summed E-state index contributed by atoms with van der Waals surface area (Å²) in [5.74, 6) is 0. The van der Waals surface area contributed by atoms with E-state index < -0.39 is 14.9 Å². The molecule has 0 saturated carbocycles. The summed E-state index contributed by atoms with van der Waals surface area (Å²) in [7, 11) is -3.77. The zero-order valence-electron chi connectivity index (χ0n) is 12.1. The van der Waals surface area contributed by atoms with Crippen LogP contribution in [0.25, 0.3) is 0 Å². The molecule has 2 aromatic rings. The number of nitro groups is 1. The molecule has 118 valence electrons. The zero-order chi connectivity index (χ0) is 16.3. The lowest BCUT2D eigenvalue weighted by atomic mass is 10.3. The van der Waals surface area contributed by atoms with Crippen molar-refractivity contribution in [2.45, 2.75) is 25.2 Å². The normalized spacial score (nSPS) is 11.5. The monoisotopic (exact) mass is 341 g/mol. The van der Waals surface area contributed by atoms with E-state index in [1.165, 1.54) is 29.5 Å². The van der Waals surface area contributed by atoms with Gasteiger partial charge in [-0.25, -0.2) is 18.1 Å². The Morgan fingerprint density at radius 1 is 1.36 bits per heavy atom. The zero-order valence-corrected chi connectivity index (χ0v) is 13.7. The quantitative estimate of drug-likeness (QED) is 0.641. The van der Waals surface area contributed by atoms with E-state index in [-0.39, 0.29) is 17.1 Å². The van der Waals surface area contributed by atoms with Gasteiger partial charge in [-0.3, -0.25) is 10.1 Å². The van der Waals surface area contributed by atoms with Crippen molar-refractivity contribution in [2.75, 3.05) is 6.54 Å². The molecule has 9 heteroatoms. The van der Waals surface area contributed by atoms with Gasteiger partial charge in [-0.05, 0) is 19.9 Å². The van der Waals surface area contributed by atoms with Crippen LogP contribution in [0.15, 0.2) is 29.2 Å². The predicted octanol–water partition coefficient (Wildman–Crippen LogP) is 2.19. The number of nitrogens with one attached hydrogen (secondary N) is 1. The number of benzene rings is 1. The van der Waals surface area contributed by atoms with Crippen LogP contribution in [-0.2, 0) is 16.4 Å². The molecule has 22 heavy (non-hydrogen) atoms. The third kappa shape index (κ3) is 3.87. The van der Waals surface area contributed by atoms with Crippen LogP contribution < -0.4 is 4.72 Å². The molecule has 0 atom stereocenters. The number of hydrogen-bond acceptors (Lipinski definition) is 6. The van der Waals surface area contributed by atoms with Gasteiger partial charge in [-0.1, -0.05) is 6.07 Å². The van der Waals surface area contributed by atoms with Crippen molar-refractivity contribution in [3.05, 3.63) is 50.0 Å². The van der Waals surface area contributed by atoms with Crippen molar-refractivity contribution < 1.29 is 13.3 Å². The van der Waals surface area contributed by atoms with E-state index in [1.54, 1.807) is 0 Å². The highest BCUT2D eigenvalue weighted by molar-refractivity contribution is 7.89. The summed E-state index contributed by atoms with van der Waals surface area (Å²) in [6, 6.07) is 4.97. The third-order valence-electron chi connectivity index (χ3n) is 3.04. The van der Waals surface area contributed by atoms with Crippen LogP contribution in [0.5, 0.6) is 0 Å². The molecule has 0 fully saturated rings. The number of sulfonamides is 1. The minimum Gasteiger partial charge on any atom is -0.258 e. The third-order valence-corrected chi connectivity index (χ3v) is 5.63. The second-order valence-electron chi connectivity index (χ2n) is 4.65. The summed E-state index contributed by atoms with van der Waals surface area (Å²) < 4.78 is 26.7. The van der Waals surface area contributed by atoms with Crippen molar-refractivity contribution in [1.82, 2.24) is 9.71 Å². The molecule has 0 aliphatic heterocycles. The molecule has 1 aromatic carbocycles. The Kier molecular flexibility index (Phi) is 4.89. The second kappa shape index (κ2) is 6.51. The smallest absolute Gasteiger partial charge is 0.258 e. The Balaban J connectivity index is 2.05. The first-order chi connectivity index (χ1) is 10.3. The van der Waals surface area contributed by atoms with E-state index >= 15 is 0 Å². The number of aryl methyl sites for hydroxylation is 2. The van der Waals surface area contributed by atoms with Gasteiger partial charge in [0.1, 0.15) is 0 Å². The number of aromatic nitrogens is 1. The number of nitro benzene ring substituents is 1. The molecule has 0 aliphatic carbocycles. The predicted molar refractivity (Wildman–Crippen MR) is 83.6 cm³/mol. The van der Waals surface area contributed by atoms with Crippen molar-refractivity contribution in [3.8, 4) is 0 Å². The van der Waals surface area contributed by atoms with Crippen LogP contribution in [0.2, 0.25) is 0 Å². The van der Waals surface area contributed by atoms with Crippen molar-refractivity contribution in [2.24, 2.45) is 0 Å². The molecule has 0 aliphatic rings. The summed E-state index contributed by atoms with van der Waals surface area (Å²) in [6.45, 7) is 4.06. The number of hydrogen-bond donors (Lipinski definition) is 1. The number of thiazole rings is 1. The summed E-state index contributed by atoms with van der Waals surface area (Å²) in [6.07, 6.45) is 0.480. The van der Waals surface area contributed by atoms with Crippen molar-refractivity contribution >= 4 is 27.0 Å². The number of non-ortho nitro benzene ring substituents is 1. The lowest BCUT2D eigenvalue weighted by molar-refractivity contribution is -0.385. The molecule has 0 spiro atoms. The molecule has 1 heterocycles. The molecule has 7 nitrogen and oxygen atoms in total. The Morgan fingerprint density at radius 3 is 2.68 bits per heavy atom. The topological polar surface area (TPSA) is 102 Å². The van der Waals surface area contributed by atoms with Crippen LogP contribution in [0.1, 0.15) is 15.6 Å². The highest BCUT2D eigenvalue weighted by Gasteiger charge is 2.17. The molecule has 1 N–H and O–H groups in total. The first kappa shape index (κ1) is 16.5. The van der Waals surface area contributed by atoms with Gasteiger partial charge in [0, 0.05) is 30.0 Å². The van der Waals surface area contributed by atoms with Gasteiger partial charge in [0.05, 0.1) is 20.5 Å². The minimum atomic E-state index is -3.77. The molecule has 0 saturated heterocycles. The molecule has 2 rings (SSSR count). The molecule has 1 aromatic heterocycles. The molecular formula is C13H15N3O4S2. The van der Waals surface area contributed by atoms with Gasteiger partial charge in [-0.15, -0.1) is 11.3 Å². The average Bonchev–Trinajstić information content (AvgIpc) is 2.77. The van der Waals surface area contributed by atoms with Crippen LogP contribution >= 0.6 is 11.3 Å². The van der Waals surface area contributed by atoms with E-state index in [0.29, 0.717) is 6.42 Å². The van der Waals surface area contributed by atoms with Crippen LogP contribution in [0.4, 0.5) is 5.69 Å². The largest absolute Gasteiger partial charge is 0.270 e. The SMILES string of the molecule is Cc1nc(CCNS(=O)(=O)c2cccc([N+](=O)[O-])c2)sc1C. The summed E-state index contributed by atoms with van der Waals surface area (Å²) in [5.41, 5.74) is 0.690. The average molecular weight is 341 g/mol. The van der Waals surface area contributed by atoms with Gasteiger partial charge < -0.3 is 0 Å². The standard InChI is InChI=1S/C13H15N3O4S2/c1-9-10(2)21-13(15-9)6-7-14-22(19,20)12-5-3-4-11(8-12)16(17)18/h3-5,8,14H,6-7H2,1-2H3. The Bertz CT molecular complexity index is 780. The second-order valence-corrected chi connectivity index (χ2v) is 7.71. The fourth-order valence-corrected chi connectivity index (χ4v) is 3.79. The maximum absolute atomic E-state index is 12.1. The lowest BCUT2D eigenvalue weighted by Crippen LogP contribution is -2.26. The minimum absolute atomic E-state index is 0.117. The lowest BCUT2D eigenvalue weighted by Gasteiger charge is -2.05. The van der Waals surface area contributed by atoms with E-state index in [1.807, 2.05) is 13.8 Å². The van der Waals surface area contributed by atoms with Gasteiger partial charge >= 0.3 is 0 Å². The highest BCUT2D eigenvalue weighted by atomic mass is 32.2. The van der Waals surface area contributed by atoms with Gasteiger partial charge in [0.25, 0.3) is 5.69 Å². The van der Waals surface area contributed by atoms with Gasteiger partial charge in [0.15, 0.2) is 0 Å². The van der Waals surface area contributed by atoms with Crippen LogP contribution in [0, 0.1) is 24.0 Å². The first-order valence-electron chi connectivity index (χ1n) is 6.46. The fourth-order valence-electron chi connectivity index (χ4n) is 1.79. The summed E-state index contributed by atoms with van der Waals surface area (Å²) in [4.78, 5) is 15.4. The maximum atomic E-state index is 12.1. The van der Waals surface area contributed by atoms with E-state index in [2.05, 4.69) is 9.71 Å². The highest BCUT2D eigenvalue weighted by Crippen LogP contribution is 2.18. The van der Waals surface area contributed by atoms with Crippen molar-refractivity contribution in [3.63, 3.8) is 0 Å². The fraction of sp³-hybridized carbons (Fsp3) is 0.308. The van der Waals surface area contributed by atoms with Gasteiger partial charge in [-0.2, -0.15) is 0 Å². The Morgan fingerprint density at radius 2 is 2.09 bits per heavy atom. The van der Waals surface area contributed by atoms with Crippen LogP contribution in [-0.4, -0.2) is 24.9 Å². The number of nitrogens with zero attached hydrogens (tertiary/aromatic N) is 2. The Labute approximate surface area is 132 Å². The number of rotatable bonds is 6. The molecule has 0 amide bonds. The molecule has 0 bridgehead atoms. The Hall–Kier alpha value is -1.84. The maximum Gasteiger partial charge on any atom is 0.270 e. The van der Waals surface area contributed by atoms with Crippen LogP contribution in [0.3, 0.4) is 0 Å².